The second-order valence-electron chi connectivity index (χ2n) is 2.86. The van der Waals surface area contributed by atoms with Crippen molar-refractivity contribution >= 4 is 21.2 Å². The molecule has 16 heavy (non-hydrogen) atoms. The van der Waals surface area contributed by atoms with Crippen LogP contribution in [0.25, 0.3) is 11.0 Å². The van der Waals surface area contributed by atoms with Gasteiger partial charge in [-0.3, -0.25) is 0 Å². The van der Waals surface area contributed by atoms with Crippen LogP contribution < -0.4 is 4.74 Å². The summed E-state index contributed by atoms with van der Waals surface area (Å²) in [5.74, 6) is 0.0164. The van der Waals surface area contributed by atoms with Gasteiger partial charge in [0.1, 0.15) is 0 Å². The molecular formula is C7H6AgN3O4S. The van der Waals surface area contributed by atoms with E-state index in [1.165, 1.54) is 16.3 Å². The summed E-state index contributed by atoms with van der Waals surface area (Å²) >= 11 is 3.06. The molecule has 1 aromatic heterocycles. The van der Waals surface area contributed by atoms with Gasteiger partial charge in [-0.05, 0) is 0 Å². The van der Waals surface area contributed by atoms with Gasteiger partial charge >= 0.3 is 103 Å². The number of hydrogen-bond donors (Lipinski definition) is 1. The number of ether oxygens (including phenoxy) is 1. The van der Waals surface area contributed by atoms with Gasteiger partial charge in [0.25, 0.3) is 0 Å². The minimum absolute atomic E-state index is 0.0164. The third-order valence-corrected chi connectivity index (χ3v) is 3.35. The molecule has 1 heterocycles. The molecule has 0 fully saturated rings. The molecule has 9 heteroatoms. The van der Waals surface area contributed by atoms with Crippen molar-refractivity contribution in [2.75, 3.05) is 7.11 Å². The van der Waals surface area contributed by atoms with E-state index in [4.69, 9.17) is 9.29 Å². The Kier molecular flexibility index (Phi) is 2.76. The van der Waals surface area contributed by atoms with Crippen molar-refractivity contribution < 1.29 is 39.0 Å². The first-order valence-electron chi connectivity index (χ1n) is 3.98. The number of nitrogens with zero attached hydrogens (tertiary/aromatic N) is 3. The number of rotatable bonds is 2. The Morgan fingerprint density at radius 2 is 2.19 bits per heavy atom. The van der Waals surface area contributed by atoms with Gasteiger partial charge in [-0.1, -0.05) is 0 Å². The number of methoxy groups -OCH3 is 1. The molecule has 0 atom stereocenters. The van der Waals surface area contributed by atoms with Gasteiger partial charge in [0, 0.05) is 0 Å². The Labute approximate surface area is 103 Å². The van der Waals surface area contributed by atoms with Crippen LogP contribution in [0.4, 0.5) is 0 Å². The number of hydrogen-bond acceptors (Lipinski definition) is 5. The van der Waals surface area contributed by atoms with Crippen LogP contribution in [0.5, 0.6) is 5.75 Å². The van der Waals surface area contributed by atoms with Gasteiger partial charge in [0.2, 0.25) is 0 Å². The molecule has 0 aliphatic carbocycles. The summed E-state index contributed by atoms with van der Waals surface area (Å²) in [6, 6.07) is 2.98. The molecule has 0 bridgehead atoms. The van der Waals surface area contributed by atoms with Crippen LogP contribution in [0.2, 0.25) is 0 Å². The topological polar surface area (TPSA) is 94.3 Å². The summed E-state index contributed by atoms with van der Waals surface area (Å²) in [6.45, 7) is 0. The summed E-state index contributed by atoms with van der Waals surface area (Å²) in [5.41, 5.74) is 0.449. The van der Waals surface area contributed by atoms with E-state index in [1.807, 2.05) is 0 Å². The number of fused-ring (bicyclic) bond motifs is 1. The molecule has 1 N–H and O–H groups in total. The molecule has 90 valence electrons. The maximum absolute atomic E-state index is 11.2. The van der Waals surface area contributed by atoms with E-state index in [0.717, 1.165) is 0 Å². The predicted molar refractivity (Wildman–Crippen MR) is 49.3 cm³/mol. The van der Waals surface area contributed by atoms with Gasteiger partial charge in [-0.2, -0.15) is 0 Å². The second-order valence-corrected chi connectivity index (χ2v) is 4.84. The molecule has 0 saturated heterocycles. The van der Waals surface area contributed by atoms with Crippen molar-refractivity contribution in [3.05, 3.63) is 12.1 Å². The van der Waals surface area contributed by atoms with Crippen molar-refractivity contribution in [2.24, 2.45) is 0 Å². The van der Waals surface area contributed by atoms with Crippen LogP contribution in [0, 0.1) is 0 Å². The first kappa shape index (κ1) is 11.6. The van der Waals surface area contributed by atoms with Gasteiger partial charge < -0.3 is 0 Å². The third kappa shape index (κ3) is 1.74. The van der Waals surface area contributed by atoms with Crippen molar-refractivity contribution in [2.45, 2.75) is 4.90 Å². The van der Waals surface area contributed by atoms with Crippen molar-refractivity contribution in [1.29, 1.82) is 0 Å². The SMILES string of the molecule is COc1ccc2c(nn[n]2[Ag])c1S(=O)(=O)O. The molecule has 0 amide bonds. The standard InChI is InChI=1S/C7H6N3O4S.Ag/c1-14-5-3-2-4-6(9-10-8-4)7(5)15(11,12)13;/h2-3H,1H3,(H-,8,9,10,11,12,13);/q-1;+1. The van der Waals surface area contributed by atoms with Crippen LogP contribution in [0.3, 0.4) is 0 Å². The van der Waals surface area contributed by atoms with Crippen molar-refractivity contribution in [3.63, 3.8) is 0 Å². The molecule has 7 nitrogen and oxygen atoms in total. The molecule has 0 saturated carbocycles. The zero-order valence-corrected chi connectivity index (χ0v) is 10.2. The molecule has 0 aliphatic rings. The maximum atomic E-state index is 11.2. The Hall–Kier alpha value is -0.930. The average molecular weight is 336 g/mol. The molecule has 2 aromatic rings. The molecule has 0 aliphatic heterocycles. The Bertz CT molecular complexity index is 651. The number of aromatic nitrogens is 3. The first-order chi connectivity index (χ1) is 7.45. The van der Waals surface area contributed by atoms with E-state index in [9.17, 15) is 8.42 Å². The molecule has 0 spiro atoms. The van der Waals surface area contributed by atoms with E-state index < -0.39 is 15.0 Å². The summed E-state index contributed by atoms with van der Waals surface area (Å²) in [6.07, 6.45) is 0. The van der Waals surface area contributed by atoms with Crippen LogP contribution >= 0.6 is 0 Å². The van der Waals surface area contributed by atoms with Crippen LogP contribution in [0.1, 0.15) is 0 Å². The van der Waals surface area contributed by atoms with Crippen LogP contribution in [-0.2, 0) is 31.4 Å². The van der Waals surface area contributed by atoms with Gasteiger partial charge in [0.05, 0.1) is 0 Å². The van der Waals surface area contributed by atoms with E-state index >= 15 is 0 Å². The van der Waals surface area contributed by atoms with Crippen molar-refractivity contribution in [1.82, 2.24) is 13.4 Å². The summed E-state index contributed by atoms with van der Waals surface area (Å²) in [5, 5.41) is 7.24. The van der Waals surface area contributed by atoms with E-state index in [0.29, 0.717) is 5.52 Å². The fourth-order valence-electron chi connectivity index (χ4n) is 1.31. The fourth-order valence-corrected chi connectivity index (χ4v) is 2.44. The minimum atomic E-state index is -4.42. The zero-order valence-electron chi connectivity index (χ0n) is 7.88. The van der Waals surface area contributed by atoms with Crippen LogP contribution in [-0.4, -0.2) is 33.5 Å². The molecule has 0 radical (unpaired) electrons. The van der Waals surface area contributed by atoms with E-state index in [2.05, 4.69) is 31.6 Å². The monoisotopic (exact) mass is 335 g/mol. The van der Waals surface area contributed by atoms with E-state index in [-0.39, 0.29) is 11.3 Å². The second kappa shape index (κ2) is 3.82. The summed E-state index contributed by atoms with van der Waals surface area (Å²) in [4.78, 5) is -0.391. The molecule has 1 aromatic carbocycles. The Morgan fingerprint density at radius 3 is 2.75 bits per heavy atom. The Balaban J connectivity index is 2.95. The zero-order chi connectivity index (χ0) is 11.9. The van der Waals surface area contributed by atoms with Gasteiger partial charge in [-0.15, -0.1) is 0 Å². The molecule has 2 rings (SSSR count). The predicted octanol–water partition coefficient (Wildman–Crippen LogP) is -0.00350. The fraction of sp³-hybridized carbons (Fsp3) is 0.143. The normalized spacial score (nSPS) is 12.0. The van der Waals surface area contributed by atoms with Crippen LogP contribution in [0.15, 0.2) is 17.0 Å². The third-order valence-electron chi connectivity index (χ3n) is 1.95. The molecular weight excluding hydrogens is 330 g/mol. The Morgan fingerprint density at radius 1 is 1.50 bits per heavy atom. The summed E-state index contributed by atoms with van der Waals surface area (Å²) in [7, 11) is -3.12. The molecule has 0 unspecified atom stereocenters. The van der Waals surface area contributed by atoms with Gasteiger partial charge in [-0.25, -0.2) is 0 Å². The van der Waals surface area contributed by atoms with Gasteiger partial charge in [0.15, 0.2) is 0 Å². The average Bonchev–Trinajstić information content (AvgIpc) is 2.57. The number of benzene rings is 1. The first-order valence-corrected chi connectivity index (χ1v) is 6.08. The quantitative estimate of drug-likeness (QED) is 0.613. The van der Waals surface area contributed by atoms with Crippen molar-refractivity contribution in [3.8, 4) is 5.75 Å². The summed E-state index contributed by atoms with van der Waals surface area (Å²) < 4.78 is 37.6. The van der Waals surface area contributed by atoms with E-state index in [1.54, 1.807) is 6.07 Å².